The number of aryl methyl sites for hydroxylation is 1. The normalized spacial score (nSPS) is 12.0. The zero-order chi connectivity index (χ0) is 26.3. The first-order chi connectivity index (χ1) is 17.2. The van der Waals surface area contributed by atoms with E-state index in [1.54, 1.807) is 43.3 Å². The molecule has 7 nitrogen and oxygen atoms in total. The number of hydrogen-bond donors (Lipinski definition) is 1. The van der Waals surface area contributed by atoms with Crippen LogP contribution in [-0.2, 0) is 26.2 Å². The van der Waals surface area contributed by atoms with Crippen LogP contribution >= 0.6 is 11.6 Å². The number of benzene rings is 3. The van der Waals surface area contributed by atoms with Gasteiger partial charge in [-0.1, -0.05) is 67.1 Å². The van der Waals surface area contributed by atoms with E-state index in [9.17, 15) is 18.0 Å². The van der Waals surface area contributed by atoms with Crippen molar-refractivity contribution < 1.29 is 18.0 Å². The van der Waals surface area contributed by atoms with E-state index in [1.807, 2.05) is 37.3 Å². The summed E-state index contributed by atoms with van der Waals surface area (Å²) in [5.74, 6) is -0.815. The third kappa shape index (κ3) is 6.25. The number of likely N-dealkylation sites (N-methyl/N-ethyl adjacent to an activating group) is 1. The lowest BCUT2D eigenvalue weighted by molar-refractivity contribution is -0.140. The molecule has 0 radical (unpaired) electrons. The molecule has 1 N–H and O–H groups in total. The second-order valence-electron chi connectivity index (χ2n) is 8.30. The van der Waals surface area contributed by atoms with Crippen molar-refractivity contribution in [3.8, 4) is 0 Å². The van der Waals surface area contributed by atoms with Gasteiger partial charge in [-0.2, -0.15) is 0 Å². The summed E-state index contributed by atoms with van der Waals surface area (Å²) in [7, 11) is -2.59. The molecule has 0 unspecified atom stereocenters. The second-order valence-corrected chi connectivity index (χ2v) is 10.6. The van der Waals surface area contributed by atoms with E-state index in [0.29, 0.717) is 22.7 Å². The Morgan fingerprint density at radius 1 is 0.972 bits per heavy atom. The molecule has 2 amide bonds. The number of nitrogens with zero attached hydrogens (tertiary/aromatic N) is 2. The van der Waals surface area contributed by atoms with Crippen molar-refractivity contribution in [1.82, 2.24) is 10.2 Å². The summed E-state index contributed by atoms with van der Waals surface area (Å²) in [5, 5.41) is 3.07. The van der Waals surface area contributed by atoms with E-state index >= 15 is 0 Å². The lowest BCUT2D eigenvalue weighted by atomic mass is 10.1. The highest BCUT2D eigenvalue weighted by atomic mass is 35.5. The third-order valence-corrected chi connectivity index (χ3v) is 7.87. The molecule has 3 aromatic carbocycles. The Kier molecular flexibility index (Phi) is 9.12. The van der Waals surface area contributed by atoms with E-state index in [1.165, 1.54) is 24.1 Å². The maximum Gasteiger partial charge on any atom is 0.264 e. The van der Waals surface area contributed by atoms with Crippen LogP contribution in [0.1, 0.15) is 24.5 Å². The summed E-state index contributed by atoms with van der Waals surface area (Å²) >= 11 is 6.12. The largest absolute Gasteiger partial charge is 0.357 e. The Morgan fingerprint density at radius 2 is 1.58 bits per heavy atom. The van der Waals surface area contributed by atoms with Gasteiger partial charge >= 0.3 is 0 Å². The van der Waals surface area contributed by atoms with Crippen molar-refractivity contribution in [3.05, 3.63) is 95.0 Å². The molecule has 0 aliphatic rings. The van der Waals surface area contributed by atoms with Crippen molar-refractivity contribution in [2.75, 3.05) is 17.9 Å². The fourth-order valence-electron chi connectivity index (χ4n) is 4.00. The Bertz CT molecular complexity index is 1300. The minimum Gasteiger partial charge on any atom is -0.357 e. The van der Waals surface area contributed by atoms with Crippen molar-refractivity contribution in [2.45, 2.75) is 37.8 Å². The summed E-state index contributed by atoms with van der Waals surface area (Å²) in [6.45, 7) is 3.22. The van der Waals surface area contributed by atoms with Crippen LogP contribution in [0.5, 0.6) is 0 Å². The summed E-state index contributed by atoms with van der Waals surface area (Å²) in [6, 6.07) is 21.3. The van der Waals surface area contributed by atoms with Crippen LogP contribution < -0.4 is 9.62 Å². The number of carbonyl (C=O) groups excluding carboxylic acids is 2. The van der Waals surface area contributed by atoms with Crippen molar-refractivity contribution in [1.29, 1.82) is 0 Å². The highest BCUT2D eigenvalue weighted by Crippen LogP contribution is 2.29. The minimum atomic E-state index is -4.11. The van der Waals surface area contributed by atoms with E-state index in [0.717, 1.165) is 9.87 Å². The molecule has 36 heavy (non-hydrogen) atoms. The molecule has 0 aliphatic heterocycles. The van der Waals surface area contributed by atoms with Crippen LogP contribution in [0, 0.1) is 6.92 Å². The average Bonchev–Trinajstić information content (AvgIpc) is 2.88. The smallest absolute Gasteiger partial charge is 0.264 e. The number of sulfonamides is 1. The number of halogens is 1. The van der Waals surface area contributed by atoms with E-state index in [-0.39, 0.29) is 17.3 Å². The van der Waals surface area contributed by atoms with Crippen molar-refractivity contribution in [2.24, 2.45) is 0 Å². The van der Waals surface area contributed by atoms with Gasteiger partial charge in [-0.05, 0) is 54.8 Å². The highest BCUT2D eigenvalue weighted by Gasteiger charge is 2.33. The third-order valence-electron chi connectivity index (χ3n) is 5.87. The first-order valence-electron chi connectivity index (χ1n) is 11.6. The Hall–Kier alpha value is -3.36. The van der Waals surface area contributed by atoms with Gasteiger partial charge < -0.3 is 10.2 Å². The van der Waals surface area contributed by atoms with E-state index < -0.39 is 28.5 Å². The molecule has 0 fully saturated rings. The number of rotatable bonds is 10. The number of nitrogens with one attached hydrogen (secondary N) is 1. The molecule has 3 rings (SSSR count). The molecule has 0 saturated heterocycles. The Morgan fingerprint density at radius 3 is 2.14 bits per heavy atom. The number of amides is 2. The van der Waals surface area contributed by atoms with Crippen LogP contribution in [-0.4, -0.2) is 44.8 Å². The van der Waals surface area contributed by atoms with Gasteiger partial charge in [-0.25, -0.2) is 8.42 Å². The average molecular weight is 528 g/mol. The molecular formula is C27H30ClN3O4S. The summed E-state index contributed by atoms with van der Waals surface area (Å²) in [5.41, 5.74) is 1.76. The van der Waals surface area contributed by atoms with Gasteiger partial charge in [0.05, 0.1) is 10.6 Å². The molecule has 9 heteroatoms. The molecule has 190 valence electrons. The molecule has 0 spiro atoms. The fraction of sp³-hybridized carbons (Fsp3) is 0.259. The van der Waals surface area contributed by atoms with Crippen LogP contribution in [0.4, 0.5) is 5.69 Å². The molecular weight excluding hydrogens is 498 g/mol. The van der Waals surface area contributed by atoms with E-state index in [2.05, 4.69) is 5.32 Å². The molecule has 0 aliphatic carbocycles. The van der Waals surface area contributed by atoms with Gasteiger partial charge in [0, 0.05) is 18.6 Å². The predicted octanol–water partition coefficient (Wildman–Crippen LogP) is 4.40. The standard InChI is InChI=1S/C27H30ClN3O4S/c1-4-24(27(33)29-3)30(18-21-11-7-5-8-12-21)26(32)19-31(25-16-15-22(28)17-20(25)2)36(34,35)23-13-9-6-10-14-23/h5-17,24H,4,18-19H2,1-3H3,(H,29,33)/t24-/m0/s1. The molecule has 1 atom stereocenters. The Labute approximate surface area is 217 Å². The Balaban J connectivity index is 2.07. The van der Waals surface area contributed by atoms with Gasteiger partial charge in [-0.3, -0.25) is 13.9 Å². The summed E-state index contributed by atoms with van der Waals surface area (Å²) in [4.78, 5) is 28.0. The quantitative estimate of drug-likeness (QED) is 0.423. The van der Waals surface area contributed by atoms with Gasteiger partial charge in [0.2, 0.25) is 11.8 Å². The SMILES string of the molecule is CC[C@@H](C(=O)NC)N(Cc1ccccc1)C(=O)CN(c1ccc(Cl)cc1C)S(=O)(=O)c1ccccc1. The first kappa shape index (κ1) is 27.2. The first-order valence-corrected chi connectivity index (χ1v) is 13.4. The predicted molar refractivity (Wildman–Crippen MR) is 142 cm³/mol. The molecule has 3 aromatic rings. The summed E-state index contributed by atoms with van der Waals surface area (Å²) < 4.78 is 28.6. The maximum atomic E-state index is 13.8. The van der Waals surface area contributed by atoms with Crippen LogP contribution in [0.3, 0.4) is 0 Å². The topological polar surface area (TPSA) is 86.8 Å². The number of hydrogen-bond acceptors (Lipinski definition) is 4. The second kappa shape index (κ2) is 12.1. The van der Waals surface area contributed by atoms with Crippen LogP contribution in [0.25, 0.3) is 0 Å². The van der Waals surface area contributed by atoms with Gasteiger partial charge in [0.15, 0.2) is 0 Å². The van der Waals surface area contributed by atoms with Gasteiger partial charge in [0.1, 0.15) is 12.6 Å². The van der Waals surface area contributed by atoms with E-state index in [4.69, 9.17) is 11.6 Å². The number of carbonyl (C=O) groups is 2. The highest BCUT2D eigenvalue weighted by molar-refractivity contribution is 7.92. The van der Waals surface area contributed by atoms with Crippen molar-refractivity contribution >= 4 is 39.1 Å². The zero-order valence-corrected chi connectivity index (χ0v) is 22.1. The monoisotopic (exact) mass is 527 g/mol. The fourth-order valence-corrected chi connectivity index (χ4v) is 5.72. The van der Waals surface area contributed by atoms with Crippen LogP contribution in [0.2, 0.25) is 5.02 Å². The van der Waals surface area contributed by atoms with Crippen molar-refractivity contribution in [3.63, 3.8) is 0 Å². The molecule has 0 aromatic heterocycles. The van der Waals surface area contributed by atoms with Gasteiger partial charge in [0.25, 0.3) is 10.0 Å². The minimum absolute atomic E-state index is 0.0557. The molecule has 0 heterocycles. The summed E-state index contributed by atoms with van der Waals surface area (Å²) in [6.07, 6.45) is 0.365. The lowest BCUT2D eigenvalue weighted by Crippen LogP contribution is -2.51. The zero-order valence-electron chi connectivity index (χ0n) is 20.5. The van der Waals surface area contributed by atoms with Gasteiger partial charge in [-0.15, -0.1) is 0 Å². The molecule has 0 bridgehead atoms. The lowest BCUT2D eigenvalue weighted by Gasteiger charge is -2.33. The maximum absolute atomic E-state index is 13.8. The van der Waals surface area contributed by atoms with Crippen LogP contribution in [0.15, 0.2) is 83.8 Å². The molecule has 0 saturated carbocycles. The number of anilines is 1.